The number of aromatic carboxylic acids is 1. The number of pyridine rings is 1. The molecule has 0 aliphatic heterocycles. The van der Waals surface area contributed by atoms with Crippen molar-refractivity contribution in [2.45, 2.75) is 0 Å². The Bertz CT molecular complexity index is 774. The summed E-state index contributed by atoms with van der Waals surface area (Å²) in [6.07, 6.45) is 4.84. The Kier molecular flexibility index (Phi) is 2.42. The van der Waals surface area contributed by atoms with E-state index in [1.165, 1.54) is 10.9 Å². The molecule has 0 fully saturated rings. The Morgan fingerprint density at radius 3 is 2.79 bits per heavy atom. The van der Waals surface area contributed by atoms with E-state index in [4.69, 9.17) is 10.8 Å². The molecule has 2 aromatic heterocycles. The molecule has 19 heavy (non-hydrogen) atoms. The molecule has 0 spiro atoms. The standard InChI is InChI=1S/C13H10N4O2/c14-10-7-17(16-12(10)13(18)19)11-6-15-5-8-3-1-2-4-9(8)11/h1-7H,14H2,(H,18,19). The third kappa shape index (κ3) is 1.79. The van der Waals surface area contributed by atoms with Crippen molar-refractivity contribution in [2.75, 3.05) is 5.73 Å². The molecule has 0 saturated carbocycles. The Balaban J connectivity index is 2.25. The lowest BCUT2D eigenvalue weighted by Crippen LogP contribution is -2.03. The van der Waals surface area contributed by atoms with Crippen LogP contribution in [0.15, 0.2) is 42.9 Å². The maximum atomic E-state index is 11.0. The molecule has 3 N–H and O–H groups in total. The predicted molar refractivity (Wildman–Crippen MR) is 70.2 cm³/mol. The van der Waals surface area contributed by atoms with Crippen molar-refractivity contribution in [1.29, 1.82) is 0 Å². The summed E-state index contributed by atoms with van der Waals surface area (Å²) in [5.74, 6) is -1.15. The zero-order chi connectivity index (χ0) is 13.4. The van der Waals surface area contributed by atoms with Gasteiger partial charge in [-0.2, -0.15) is 5.10 Å². The average molecular weight is 254 g/mol. The van der Waals surface area contributed by atoms with Crippen molar-refractivity contribution >= 4 is 22.4 Å². The van der Waals surface area contributed by atoms with Crippen LogP contribution < -0.4 is 5.73 Å². The molecule has 6 heteroatoms. The highest BCUT2D eigenvalue weighted by atomic mass is 16.4. The monoisotopic (exact) mass is 254 g/mol. The lowest BCUT2D eigenvalue weighted by atomic mass is 10.1. The molecular formula is C13H10N4O2. The molecule has 0 saturated heterocycles. The van der Waals surface area contributed by atoms with E-state index in [-0.39, 0.29) is 11.4 Å². The minimum Gasteiger partial charge on any atom is -0.476 e. The van der Waals surface area contributed by atoms with E-state index < -0.39 is 5.97 Å². The summed E-state index contributed by atoms with van der Waals surface area (Å²) < 4.78 is 1.44. The van der Waals surface area contributed by atoms with Crippen molar-refractivity contribution in [1.82, 2.24) is 14.8 Å². The second-order valence-electron chi connectivity index (χ2n) is 4.06. The molecule has 0 bridgehead atoms. The van der Waals surface area contributed by atoms with Crippen LogP contribution in [0, 0.1) is 0 Å². The number of hydrogen-bond donors (Lipinski definition) is 2. The van der Waals surface area contributed by atoms with Crippen LogP contribution in [0.2, 0.25) is 0 Å². The Morgan fingerprint density at radius 1 is 1.26 bits per heavy atom. The van der Waals surface area contributed by atoms with Crippen molar-refractivity contribution in [3.05, 3.63) is 48.5 Å². The Hall–Kier alpha value is -2.89. The van der Waals surface area contributed by atoms with Gasteiger partial charge in [0.05, 0.1) is 23.8 Å². The second kappa shape index (κ2) is 4.09. The van der Waals surface area contributed by atoms with E-state index in [1.807, 2.05) is 24.3 Å². The lowest BCUT2D eigenvalue weighted by Gasteiger charge is -2.05. The second-order valence-corrected chi connectivity index (χ2v) is 4.06. The number of nitrogens with two attached hydrogens (primary N) is 1. The van der Waals surface area contributed by atoms with E-state index in [0.29, 0.717) is 5.69 Å². The third-order valence-corrected chi connectivity index (χ3v) is 2.84. The maximum Gasteiger partial charge on any atom is 0.358 e. The first-order valence-electron chi connectivity index (χ1n) is 5.58. The molecule has 0 radical (unpaired) electrons. The van der Waals surface area contributed by atoms with Gasteiger partial charge in [-0.25, -0.2) is 9.48 Å². The molecular weight excluding hydrogens is 244 g/mol. The highest BCUT2D eigenvalue weighted by Crippen LogP contribution is 2.22. The van der Waals surface area contributed by atoms with Crippen LogP contribution in [0.25, 0.3) is 16.5 Å². The lowest BCUT2D eigenvalue weighted by molar-refractivity contribution is 0.0691. The van der Waals surface area contributed by atoms with Gasteiger partial charge in [0.2, 0.25) is 0 Å². The maximum absolute atomic E-state index is 11.0. The largest absolute Gasteiger partial charge is 0.476 e. The van der Waals surface area contributed by atoms with Gasteiger partial charge in [-0.15, -0.1) is 0 Å². The van der Waals surface area contributed by atoms with E-state index in [2.05, 4.69) is 10.1 Å². The van der Waals surface area contributed by atoms with E-state index in [1.54, 1.807) is 12.4 Å². The van der Waals surface area contributed by atoms with E-state index in [0.717, 1.165) is 10.8 Å². The number of fused-ring (bicyclic) bond motifs is 1. The highest BCUT2D eigenvalue weighted by Gasteiger charge is 2.15. The van der Waals surface area contributed by atoms with Gasteiger partial charge in [0, 0.05) is 17.0 Å². The normalized spacial score (nSPS) is 10.7. The van der Waals surface area contributed by atoms with Gasteiger partial charge in [0.25, 0.3) is 0 Å². The quantitative estimate of drug-likeness (QED) is 0.725. The molecule has 1 aromatic carbocycles. The molecule has 0 aliphatic rings. The SMILES string of the molecule is Nc1cn(-c2cncc3ccccc23)nc1C(=O)O. The summed E-state index contributed by atoms with van der Waals surface area (Å²) >= 11 is 0. The molecule has 94 valence electrons. The van der Waals surface area contributed by atoms with Crippen LogP contribution in [0.5, 0.6) is 0 Å². The topological polar surface area (TPSA) is 94.0 Å². The minimum atomic E-state index is -1.15. The zero-order valence-corrected chi connectivity index (χ0v) is 9.82. The molecule has 0 aliphatic carbocycles. The Labute approximate surface area is 108 Å². The number of carboxylic acids is 1. The molecule has 3 aromatic rings. The molecule has 2 heterocycles. The summed E-state index contributed by atoms with van der Waals surface area (Å²) in [6, 6.07) is 7.66. The van der Waals surface area contributed by atoms with Crippen molar-refractivity contribution in [3.8, 4) is 5.69 Å². The molecule has 3 rings (SSSR count). The van der Waals surface area contributed by atoms with Crippen LogP contribution in [-0.2, 0) is 0 Å². The minimum absolute atomic E-state index is 0.125. The van der Waals surface area contributed by atoms with Crippen molar-refractivity contribution in [2.24, 2.45) is 0 Å². The fraction of sp³-hybridized carbons (Fsp3) is 0. The molecule has 0 amide bonds. The van der Waals surface area contributed by atoms with Gasteiger partial charge in [-0.1, -0.05) is 24.3 Å². The van der Waals surface area contributed by atoms with Gasteiger partial charge < -0.3 is 10.8 Å². The fourth-order valence-electron chi connectivity index (χ4n) is 1.96. The van der Waals surface area contributed by atoms with Gasteiger partial charge in [0.1, 0.15) is 0 Å². The molecule has 0 atom stereocenters. The molecule has 6 nitrogen and oxygen atoms in total. The van der Waals surface area contributed by atoms with Crippen LogP contribution in [-0.4, -0.2) is 25.8 Å². The zero-order valence-electron chi connectivity index (χ0n) is 9.82. The molecule has 0 unspecified atom stereocenters. The van der Waals surface area contributed by atoms with Crippen molar-refractivity contribution < 1.29 is 9.90 Å². The number of benzene rings is 1. The van der Waals surface area contributed by atoms with Crippen molar-refractivity contribution in [3.63, 3.8) is 0 Å². The highest BCUT2D eigenvalue weighted by molar-refractivity contribution is 5.92. The first-order valence-corrected chi connectivity index (χ1v) is 5.58. The summed E-state index contributed by atoms with van der Waals surface area (Å²) in [6.45, 7) is 0. The number of carboxylic acid groups (broad SMARTS) is 1. The number of anilines is 1. The van der Waals surface area contributed by atoms with Crippen LogP contribution in [0.3, 0.4) is 0 Å². The summed E-state index contributed by atoms with van der Waals surface area (Å²) in [7, 11) is 0. The number of aromatic nitrogens is 3. The smallest absolute Gasteiger partial charge is 0.358 e. The third-order valence-electron chi connectivity index (χ3n) is 2.84. The van der Waals surface area contributed by atoms with Gasteiger partial charge in [0.15, 0.2) is 5.69 Å². The summed E-state index contributed by atoms with van der Waals surface area (Å²) in [5.41, 5.74) is 6.30. The van der Waals surface area contributed by atoms with Crippen LogP contribution in [0.1, 0.15) is 10.5 Å². The first kappa shape index (κ1) is 11.2. The number of nitrogen functional groups attached to an aromatic ring is 1. The van der Waals surface area contributed by atoms with E-state index in [9.17, 15) is 4.79 Å². The Morgan fingerprint density at radius 2 is 2.05 bits per heavy atom. The summed E-state index contributed by atoms with van der Waals surface area (Å²) in [4.78, 5) is 15.1. The number of carbonyl (C=O) groups is 1. The van der Waals surface area contributed by atoms with Crippen LogP contribution in [0.4, 0.5) is 5.69 Å². The average Bonchev–Trinajstić information content (AvgIpc) is 2.80. The number of hydrogen-bond acceptors (Lipinski definition) is 4. The number of rotatable bonds is 2. The van der Waals surface area contributed by atoms with Crippen LogP contribution >= 0.6 is 0 Å². The summed E-state index contributed by atoms with van der Waals surface area (Å²) in [5, 5.41) is 14.8. The van der Waals surface area contributed by atoms with Gasteiger partial charge >= 0.3 is 5.97 Å². The van der Waals surface area contributed by atoms with Gasteiger partial charge in [-0.3, -0.25) is 4.98 Å². The fourth-order valence-corrected chi connectivity index (χ4v) is 1.96. The van der Waals surface area contributed by atoms with E-state index >= 15 is 0 Å². The number of nitrogens with zero attached hydrogens (tertiary/aromatic N) is 3. The predicted octanol–water partition coefficient (Wildman–Crippen LogP) is 1.70. The van der Waals surface area contributed by atoms with Gasteiger partial charge in [-0.05, 0) is 0 Å². The first-order chi connectivity index (χ1) is 9.16.